The van der Waals surface area contributed by atoms with Crippen LogP contribution < -0.4 is 10.1 Å². The number of nitrogens with one attached hydrogen (secondary N) is 1. The van der Waals surface area contributed by atoms with Crippen LogP contribution in [0.15, 0.2) is 42.5 Å². The fraction of sp³-hybridized carbons (Fsp3) is 0.211. The Balaban J connectivity index is 1.64. The summed E-state index contributed by atoms with van der Waals surface area (Å²) < 4.78 is 10.1. The standard InChI is InChI=1S/C19H16Cl2N2O4/c20-15-4-3-14(17(21)9-15)7-8-23-18(24)11-27-19(25)12-26-16-5-1-13(10-22)2-6-16/h1-6,9H,7-8,11-12H2,(H,23,24). The van der Waals surface area contributed by atoms with Crippen LogP contribution in [0.4, 0.5) is 0 Å². The fourth-order valence-electron chi connectivity index (χ4n) is 2.07. The first-order valence-corrected chi connectivity index (χ1v) is 8.72. The molecule has 0 spiro atoms. The van der Waals surface area contributed by atoms with Crippen molar-refractivity contribution in [3.63, 3.8) is 0 Å². The van der Waals surface area contributed by atoms with Gasteiger partial charge in [-0.2, -0.15) is 5.26 Å². The molecule has 0 saturated carbocycles. The van der Waals surface area contributed by atoms with E-state index in [1.807, 2.05) is 6.07 Å². The molecule has 0 heterocycles. The quantitative estimate of drug-likeness (QED) is 0.680. The zero-order valence-corrected chi connectivity index (χ0v) is 15.7. The van der Waals surface area contributed by atoms with Gasteiger partial charge in [0.2, 0.25) is 0 Å². The van der Waals surface area contributed by atoms with Gasteiger partial charge in [-0.1, -0.05) is 29.3 Å². The van der Waals surface area contributed by atoms with E-state index in [0.29, 0.717) is 34.3 Å². The fourth-order valence-corrected chi connectivity index (χ4v) is 2.57. The van der Waals surface area contributed by atoms with Gasteiger partial charge in [-0.15, -0.1) is 0 Å². The second-order valence-corrected chi connectivity index (χ2v) is 6.26. The average molecular weight is 407 g/mol. The molecule has 0 fully saturated rings. The van der Waals surface area contributed by atoms with Crippen molar-refractivity contribution in [2.45, 2.75) is 6.42 Å². The third-order valence-electron chi connectivity index (χ3n) is 3.44. The normalized spacial score (nSPS) is 9.96. The minimum atomic E-state index is -0.671. The van der Waals surface area contributed by atoms with Crippen molar-refractivity contribution in [2.75, 3.05) is 19.8 Å². The largest absolute Gasteiger partial charge is 0.482 e. The monoisotopic (exact) mass is 406 g/mol. The lowest BCUT2D eigenvalue weighted by Crippen LogP contribution is -2.31. The van der Waals surface area contributed by atoms with Gasteiger partial charge in [0.1, 0.15) is 5.75 Å². The van der Waals surface area contributed by atoms with E-state index in [2.05, 4.69) is 5.32 Å². The Hall–Kier alpha value is -2.75. The molecule has 0 unspecified atom stereocenters. The molecule has 2 rings (SSSR count). The first kappa shape index (κ1) is 20.6. The van der Waals surface area contributed by atoms with E-state index >= 15 is 0 Å². The number of rotatable bonds is 8. The summed E-state index contributed by atoms with van der Waals surface area (Å²) in [6.07, 6.45) is 0.525. The number of esters is 1. The Morgan fingerprint density at radius 2 is 1.81 bits per heavy atom. The van der Waals surface area contributed by atoms with Crippen LogP contribution in [0, 0.1) is 11.3 Å². The second-order valence-electron chi connectivity index (χ2n) is 5.42. The van der Waals surface area contributed by atoms with Gasteiger partial charge in [0.15, 0.2) is 13.2 Å². The first-order valence-electron chi connectivity index (χ1n) is 7.97. The highest BCUT2D eigenvalue weighted by atomic mass is 35.5. The predicted molar refractivity (Wildman–Crippen MR) is 101 cm³/mol. The van der Waals surface area contributed by atoms with Crippen molar-refractivity contribution in [3.05, 3.63) is 63.6 Å². The molecule has 0 aromatic heterocycles. The molecule has 0 atom stereocenters. The number of halogens is 2. The lowest BCUT2D eigenvalue weighted by atomic mass is 10.1. The Labute approximate surface area is 166 Å². The van der Waals surface area contributed by atoms with Crippen LogP contribution in [0.1, 0.15) is 11.1 Å². The minimum absolute atomic E-state index is 0.334. The average Bonchev–Trinajstić information content (AvgIpc) is 2.67. The molecule has 8 heteroatoms. The maximum atomic E-state index is 11.7. The van der Waals surface area contributed by atoms with Crippen molar-refractivity contribution in [1.82, 2.24) is 5.32 Å². The molecule has 0 bridgehead atoms. The molecular weight excluding hydrogens is 391 g/mol. The van der Waals surface area contributed by atoms with Crippen molar-refractivity contribution >= 4 is 35.1 Å². The van der Waals surface area contributed by atoms with Gasteiger partial charge in [0, 0.05) is 16.6 Å². The van der Waals surface area contributed by atoms with Gasteiger partial charge in [-0.3, -0.25) is 4.79 Å². The number of carbonyl (C=O) groups excluding carboxylic acids is 2. The van der Waals surface area contributed by atoms with Crippen LogP contribution in [-0.4, -0.2) is 31.6 Å². The lowest BCUT2D eigenvalue weighted by molar-refractivity contribution is -0.150. The van der Waals surface area contributed by atoms with Crippen molar-refractivity contribution < 1.29 is 19.1 Å². The van der Waals surface area contributed by atoms with Crippen molar-refractivity contribution in [3.8, 4) is 11.8 Å². The molecule has 27 heavy (non-hydrogen) atoms. The lowest BCUT2D eigenvalue weighted by Gasteiger charge is -2.09. The zero-order valence-electron chi connectivity index (χ0n) is 14.2. The van der Waals surface area contributed by atoms with Crippen molar-refractivity contribution in [2.24, 2.45) is 0 Å². The van der Waals surface area contributed by atoms with Crippen molar-refractivity contribution in [1.29, 1.82) is 5.26 Å². The molecular formula is C19H16Cl2N2O4. The third kappa shape index (κ3) is 7.18. The van der Waals surface area contributed by atoms with Crippen LogP contribution in [0.2, 0.25) is 10.0 Å². The smallest absolute Gasteiger partial charge is 0.344 e. The van der Waals surface area contributed by atoms with Gasteiger partial charge >= 0.3 is 5.97 Å². The first-order chi connectivity index (χ1) is 13.0. The third-order valence-corrected chi connectivity index (χ3v) is 4.02. The summed E-state index contributed by atoms with van der Waals surface area (Å²) in [6, 6.07) is 13.4. The van der Waals surface area contributed by atoms with Gasteiger partial charge in [0.25, 0.3) is 5.91 Å². The highest BCUT2D eigenvalue weighted by Gasteiger charge is 2.09. The van der Waals surface area contributed by atoms with E-state index in [1.54, 1.807) is 42.5 Å². The summed E-state index contributed by atoms with van der Waals surface area (Å²) in [7, 11) is 0. The molecule has 0 aliphatic heterocycles. The van der Waals surface area contributed by atoms with Gasteiger partial charge in [-0.25, -0.2) is 4.79 Å². The minimum Gasteiger partial charge on any atom is -0.482 e. The van der Waals surface area contributed by atoms with Crippen LogP contribution in [0.5, 0.6) is 5.75 Å². The highest BCUT2D eigenvalue weighted by molar-refractivity contribution is 6.35. The topological polar surface area (TPSA) is 88.4 Å². The second kappa shape index (κ2) is 10.4. The molecule has 1 N–H and O–H groups in total. The predicted octanol–water partition coefficient (Wildman–Crippen LogP) is 3.15. The van der Waals surface area contributed by atoms with E-state index in [4.69, 9.17) is 37.9 Å². The number of ether oxygens (including phenoxy) is 2. The van der Waals surface area contributed by atoms with Crippen LogP contribution in [0.3, 0.4) is 0 Å². The number of hydrogen-bond acceptors (Lipinski definition) is 5. The SMILES string of the molecule is N#Cc1ccc(OCC(=O)OCC(=O)NCCc2ccc(Cl)cc2Cl)cc1. The highest BCUT2D eigenvalue weighted by Crippen LogP contribution is 2.21. The number of benzene rings is 2. The summed E-state index contributed by atoms with van der Waals surface area (Å²) in [5.74, 6) is -0.669. The molecule has 140 valence electrons. The number of nitrogens with zero attached hydrogens (tertiary/aromatic N) is 1. The molecule has 0 aliphatic carbocycles. The van der Waals surface area contributed by atoms with Gasteiger partial charge in [0.05, 0.1) is 11.6 Å². The summed E-state index contributed by atoms with van der Waals surface area (Å²) in [6.45, 7) is -0.386. The molecule has 0 radical (unpaired) electrons. The van der Waals surface area contributed by atoms with Gasteiger partial charge < -0.3 is 14.8 Å². The molecule has 0 aliphatic rings. The Bertz CT molecular complexity index is 848. The number of nitriles is 1. The number of hydrogen-bond donors (Lipinski definition) is 1. The summed E-state index contributed by atoms with van der Waals surface area (Å²) in [4.78, 5) is 23.3. The van der Waals surface area contributed by atoms with E-state index in [1.165, 1.54) is 0 Å². The number of amides is 1. The van der Waals surface area contributed by atoms with E-state index < -0.39 is 18.5 Å². The Morgan fingerprint density at radius 3 is 2.48 bits per heavy atom. The molecule has 0 saturated heterocycles. The molecule has 6 nitrogen and oxygen atoms in total. The Kier molecular flexibility index (Phi) is 7.93. The maximum absolute atomic E-state index is 11.7. The molecule has 1 amide bonds. The molecule has 2 aromatic carbocycles. The summed E-state index contributed by atoms with van der Waals surface area (Å²) in [5, 5.41) is 12.4. The summed E-state index contributed by atoms with van der Waals surface area (Å²) >= 11 is 11.9. The van der Waals surface area contributed by atoms with Gasteiger partial charge in [-0.05, 0) is 48.4 Å². The van der Waals surface area contributed by atoms with E-state index in [-0.39, 0.29) is 6.61 Å². The Morgan fingerprint density at radius 1 is 1.07 bits per heavy atom. The molecule has 2 aromatic rings. The summed E-state index contributed by atoms with van der Waals surface area (Å²) in [5.41, 5.74) is 1.34. The van der Waals surface area contributed by atoms with Crippen LogP contribution >= 0.6 is 23.2 Å². The maximum Gasteiger partial charge on any atom is 0.344 e. The van der Waals surface area contributed by atoms with E-state index in [0.717, 1.165) is 5.56 Å². The van der Waals surface area contributed by atoms with E-state index in [9.17, 15) is 9.59 Å². The number of carbonyl (C=O) groups is 2. The van der Waals surface area contributed by atoms with Crippen LogP contribution in [-0.2, 0) is 20.7 Å². The van der Waals surface area contributed by atoms with Crippen LogP contribution in [0.25, 0.3) is 0 Å². The zero-order chi connectivity index (χ0) is 19.6.